The summed E-state index contributed by atoms with van der Waals surface area (Å²) in [5.74, 6) is 0. The van der Waals surface area contributed by atoms with Crippen LogP contribution in [0.1, 0.15) is 0 Å². The molecule has 9 heavy (non-hydrogen) atoms. The van der Waals surface area contributed by atoms with E-state index in [9.17, 15) is 5.21 Å². The molecular formula is C5H4N2OS. The Hall–Kier alpha value is -0.580. The van der Waals surface area contributed by atoms with Gasteiger partial charge in [-0.3, -0.25) is 0 Å². The zero-order chi connectivity index (χ0) is 6.32. The first-order chi connectivity index (χ1) is 4.31. The average molecular weight is 140 g/mol. The lowest BCUT2D eigenvalue weighted by atomic mass is 10.7. The van der Waals surface area contributed by atoms with Crippen LogP contribution < -0.4 is 0 Å². The van der Waals surface area contributed by atoms with Gasteiger partial charge in [-0.2, -0.15) is 4.76 Å². The second kappa shape index (κ2) is 1.47. The van der Waals surface area contributed by atoms with Gasteiger partial charge in [0.25, 0.3) is 0 Å². The SMILES string of the molecule is [O-][N+]12C=CSC1=CC=N2. The third-order valence-electron chi connectivity index (χ3n) is 1.22. The molecule has 0 aromatic rings. The van der Waals surface area contributed by atoms with Crippen molar-refractivity contribution in [3.8, 4) is 0 Å². The molecule has 1 unspecified atom stereocenters. The molecule has 2 heterocycles. The van der Waals surface area contributed by atoms with E-state index in [0.29, 0.717) is 0 Å². The van der Waals surface area contributed by atoms with Gasteiger partial charge in [0, 0.05) is 11.5 Å². The average Bonchev–Trinajstić information content (AvgIpc) is 2.22. The maximum absolute atomic E-state index is 11.2. The Labute approximate surface area is 56.5 Å². The molecule has 3 nitrogen and oxygen atoms in total. The Morgan fingerprint density at radius 2 is 2.56 bits per heavy atom. The molecular weight excluding hydrogens is 136 g/mol. The number of allylic oxidation sites excluding steroid dienone is 1. The minimum Gasteiger partial charge on any atom is -0.594 e. The van der Waals surface area contributed by atoms with Gasteiger partial charge in [-0.25, -0.2) is 0 Å². The summed E-state index contributed by atoms with van der Waals surface area (Å²) < 4.78 is -0.620. The van der Waals surface area contributed by atoms with Gasteiger partial charge in [0.1, 0.15) is 6.20 Å². The molecule has 0 radical (unpaired) electrons. The van der Waals surface area contributed by atoms with E-state index in [1.807, 2.05) is 0 Å². The maximum Gasteiger partial charge on any atom is 0.204 e. The summed E-state index contributed by atoms with van der Waals surface area (Å²) >= 11 is 1.43. The van der Waals surface area contributed by atoms with Crippen molar-refractivity contribution >= 4 is 18.0 Å². The van der Waals surface area contributed by atoms with Crippen LogP contribution in [0.3, 0.4) is 0 Å². The molecule has 0 amide bonds. The number of rotatable bonds is 0. The van der Waals surface area contributed by atoms with Gasteiger partial charge < -0.3 is 5.21 Å². The first kappa shape index (κ1) is 5.22. The van der Waals surface area contributed by atoms with Crippen LogP contribution in [0.4, 0.5) is 0 Å². The highest BCUT2D eigenvalue weighted by Crippen LogP contribution is 2.38. The predicted molar refractivity (Wildman–Crippen MR) is 36.9 cm³/mol. The number of hydroxylamine groups is 2. The van der Waals surface area contributed by atoms with E-state index >= 15 is 0 Å². The molecule has 0 N–H and O–H groups in total. The second-order valence-corrected chi connectivity index (χ2v) is 2.72. The Bertz CT molecular complexity index is 233. The first-order valence-electron chi connectivity index (χ1n) is 2.52. The summed E-state index contributed by atoms with van der Waals surface area (Å²) in [6.45, 7) is 0. The number of fused-ring (bicyclic) bond motifs is 1. The maximum atomic E-state index is 11.2. The quantitative estimate of drug-likeness (QED) is 0.376. The Kier molecular flexibility index (Phi) is 0.854. The lowest BCUT2D eigenvalue weighted by Crippen LogP contribution is -2.20. The summed E-state index contributed by atoms with van der Waals surface area (Å²) in [7, 11) is 0. The molecule has 2 rings (SSSR count). The molecule has 0 saturated heterocycles. The lowest BCUT2D eigenvalue weighted by Gasteiger charge is -2.24. The first-order valence-corrected chi connectivity index (χ1v) is 3.40. The second-order valence-electron chi connectivity index (χ2n) is 1.80. The highest BCUT2D eigenvalue weighted by atomic mass is 32.2. The highest BCUT2D eigenvalue weighted by Gasteiger charge is 2.28. The molecule has 46 valence electrons. The fraction of sp³-hybridized carbons (Fsp3) is 0. The Morgan fingerprint density at radius 1 is 1.67 bits per heavy atom. The zero-order valence-electron chi connectivity index (χ0n) is 4.52. The molecule has 0 spiro atoms. The molecule has 2 aliphatic rings. The van der Waals surface area contributed by atoms with Crippen molar-refractivity contribution < 1.29 is 4.76 Å². The van der Waals surface area contributed by atoms with E-state index in [0.717, 1.165) is 5.03 Å². The van der Waals surface area contributed by atoms with Gasteiger partial charge >= 0.3 is 0 Å². The number of thioether (sulfide) groups is 1. The van der Waals surface area contributed by atoms with Crippen LogP contribution in [-0.2, 0) is 0 Å². The van der Waals surface area contributed by atoms with Crippen molar-refractivity contribution in [2.75, 3.05) is 0 Å². The largest absolute Gasteiger partial charge is 0.594 e. The summed E-state index contributed by atoms with van der Waals surface area (Å²) in [6, 6.07) is 0. The standard InChI is InChI=1S/C5H4N2OS/c8-7-3-4-9-5(7)1-2-6-7/h1-4H. The minimum absolute atomic E-state index is 0.620. The van der Waals surface area contributed by atoms with Gasteiger partial charge in [0.15, 0.2) is 0 Å². The summed E-state index contributed by atoms with van der Waals surface area (Å²) in [5.41, 5.74) is 0. The highest BCUT2D eigenvalue weighted by molar-refractivity contribution is 8.05. The molecule has 0 aromatic heterocycles. The van der Waals surface area contributed by atoms with Gasteiger partial charge in [-0.15, -0.1) is 0 Å². The lowest BCUT2D eigenvalue weighted by molar-refractivity contribution is -0.781. The van der Waals surface area contributed by atoms with Crippen LogP contribution >= 0.6 is 11.8 Å². The number of quaternary nitrogens is 1. The van der Waals surface area contributed by atoms with Crippen LogP contribution in [0.25, 0.3) is 0 Å². The van der Waals surface area contributed by atoms with Crippen LogP contribution in [0.5, 0.6) is 0 Å². The smallest absolute Gasteiger partial charge is 0.204 e. The fourth-order valence-electron chi connectivity index (χ4n) is 0.769. The van der Waals surface area contributed by atoms with Crippen LogP contribution in [0, 0.1) is 5.21 Å². The van der Waals surface area contributed by atoms with Crippen molar-refractivity contribution in [3.05, 3.63) is 27.9 Å². The normalized spacial score (nSPS) is 37.2. The van der Waals surface area contributed by atoms with Crippen LogP contribution in [-0.4, -0.2) is 11.0 Å². The summed E-state index contributed by atoms with van der Waals surface area (Å²) in [5, 5.41) is 17.4. The number of hydrogen-bond acceptors (Lipinski definition) is 3. The van der Waals surface area contributed by atoms with Crippen molar-refractivity contribution in [1.29, 1.82) is 0 Å². The molecule has 0 saturated carbocycles. The molecule has 0 aliphatic carbocycles. The fourth-order valence-corrected chi connectivity index (χ4v) is 1.53. The zero-order valence-corrected chi connectivity index (χ0v) is 5.34. The van der Waals surface area contributed by atoms with E-state index in [4.69, 9.17) is 0 Å². The van der Waals surface area contributed by atoms with E-state index in [1.54, 1.807) is 17.7 Å². The third kappa shape index (κ3) is 0.578. The molecule has 4 heteroatoms. The van der Waals surface area contributed by atoms with Gasteiger partial charge in [0.2, 0.25) is 5.03 Å². The molecule has 0 aromatic carbocycles. The number of hydrogen-bond donors (Lipinski definition) is 0. The van der Waals surface area contributed by atoms with Crippen molar-refractivity contribution in [2.24, 2.45) is 5.10 Å². The molecule has 0 fully saturated rings. The van der Waals surface area contributed by atoms with E-state index in [1.165, 1.54) is 18.0 Å². The van der Waals surface area contributed by atoms with E-state index in [-0.39, 0.29) is 0 Å². The summed E-state index contributed by atoms with van der Waals surface area (Å²) in [6.07, 6.45) is 4.79. The van der Waals surface area contributed by atoms with Crippen molar-refractivity contribution in [3.63, 3.8) is 0 Å². The van der Waals surface area contributed by atoms with Gasteiger partial charge in [0.05, 0.1) is 6.21 Å². The Balaban J connectivity index is 2.50. The summed E-state index contributed by atoms with van der Waals surface area (Å²) in [4.78, 5) is 0. The number of nitrogens with zero attached hydrogens (tertiary/aromatic N) is 2. The molecule has 0 bridgehead atoms. The van der Waals surface area contributed by atoms with Crippen molar-refractivity contribution in [1.82, 2.24) is 0 Å². The molecule has 2 aliphatic heterocycles. The molecule has 1 atom stereocenters. The predicted octanol–water partition coefficient (Wildman–Crippen LogP) is 1.36. The topological polar surface area (TPSA) is 35.4 Å². The van der Waals surface area contributed by atoms with E-state index < -0.39 is 4.76 Å². The van der Waals surface area contributed by atoms with Crippen molar-refractivity contribution in [2.45, 2.75) is 0 Å². The van der Waals surface area contributed by atoms with Crippen LogP contribution in [0.15, 0.2) is 27.8 Å². The minimum atomic E-state index is -0.620. The van der Waals surface area contributed by atoms with Gasteiger partial charge in [-0.05, 0) is 11.8 Å². The van der Waals surface area contributed by atoms with E-state index in [2.05, 4.69) is 5.10 Å². The third-order valence-corrected chi connectivity index (χ3v) is 2.12. The Morgan fingerprint density at radius 3 is 3.33 bits per heavy atom. The monoisotopic (exact) mass is 140 g/mol. The van der Waals surface area contributed by atoms with Gasteiger partial charge in [-0.1, -0.05) is 5.10 Å². The van der Waals surface area contributed by atoms with Crippen LogP contribution in [0.2, 0.25) is 0 Å².